The summed E-state index contributed by atoms with van der Waals surface area (Å²) in [6.45, 7) is 12.3. The van der Waals surface area contributed by atoms with Gasteiger partial charge in [-0.05, 0) is 141 Å². The van der Waals surface area contributed by atoms with Crippen LogP contribution in [0.2, 0.25) is 5.02 Å². The van der Waals surface area contributed by atoms with Crippen molar-refractivity contribution >= 4 is 67.5 Å². The fraction of sp³-hybridized carbons (Fsp3) is 0.116. The molecule has 0 amide bonds. The Balaban J connectivity index is 1.30. The molecule has 6 heteroatoms. The molecule has 0 fully saturated rings. The summed E-state index contributed by atoms with van der Waals surface area (Å²) in [5.41, 5.74) is 11.1. The number of benzene rings is 10. The second-order valence-corrected chi connectivity index (χ2v) is 21.4. The average Bonchev–Trinajstić information content (AvgIpc) is 4.06. The predicted molar refractivity (Wildman–Crippen MR) is 314 cm³/mol. The lowest BCUT2D eigenvalue weighted by Gasteiger charge is -2.34. The van der Waals surface area contributed by atoms with Crippen LogP contribution in [0.4, 0.5) is 38.5 Å². The second kappa shape index (κ2) is 19.6. The summed E-state index contributed by atoms with van der Waals surface area (Å²) in [4.78, 5) is 4.10. The van der Waals surface area contributed by atoms with Crippen LogP contribution < -0.4 is 9.80 Å². The summed E-state index contributed by atoms with van der Waals surface area (Å²) in [5.74, 6) is -0.454. The minimum atomic E-state index is -0.747. The van der Waals surface area contributed by atoms with Gasteiger partial charge in [0.1, 0.15) is 11.9 Å². The summed E-state index contributed by atoms with van der Waals surface area (Å²) >= 11 is 6.96. The summed E-state index contributed by atoms with van der Waals surface area (Å²) in [6.07, 6.45) is 0. The highest BCUT2D eigenvalue weighted by Crippen LogP contribution is 2.51. The maximum Gasteiger partial charge on any atom is 0.125 e. The first-order chi connectivity index (χ1) is 37.9. The van der Waals surface area contributed by atoms with Gasteiger partial charge in [-0.3, -0.25) is 0 Å². The first kappa shape index (κ1) is 43.9. The average molecular weight is 1000 g/mol. The fourth-order valence-corrected chi connectivity index (χ4v) is 10.2. The molecule has 4 nitrogen and oxygen atoms in total. The van der Waals surface area contributed by atoms with Crippen LogP contribution in [0.3, 0.4) is 0 Å². The Morgan fingerprint density at radius 1 is 0.493 bits per heavy atom. The number of aromatic nitrogens is 1. The van der Waals surface area contributed by atoms with E-state index in [4.69, 9.17) is 11.6 Å². The van der Waals surface area contributed by atoms with Gasteiger partial charge in [0.2, 0.25) is 0 Å². The molecule has 0 spiro atoms. The van der Waals surface area contributed by atoms with Crippen LogP contribution in [0.1, 0.15) is 63.7 Å². The lowest BCUT2D eigenvalue weighted by Crippen LogP contribution is -2.17. The Hall–Kier alpha value is -8.69. The van der Waals surface area contributed by atoms with Crippen LogP contribution in [0, 0.1) is 17.1 Å². The topological polar surface area (TPSA) is 35.2 Å². The molecule has 0 saturated carbocycles. The van der Waals surface area contributed by atoms with Gasteiger partial charge in [0.25, 0.3) is 0 Å². The van der Waals surface area contributed by atoms with Gasteiger partial charge in [-0.2, -0.15) is 5.26 Å². The molecule has 0 aliphatic heterocycles. The lowest BCUT2D eigenvalue weighted by molar-refractivity contribution is 0.590. The Morgan fingerprint density at radius 2 is 1.04 bits per heavy atom. The molecule has 11 aromatic rings. The van der Waals surface area contributed by atoms with Crippen LogP contribution in [-0.4, -0.2) is 4.57 Å². The number of halogens is 2. The van der Waals surface area contributed by atoms with Crippen LogP contribution in [0.25, 0.3) is 60.9 Å². The molecule has 11 rings (SSSR count). The van der Waals surface area contributed by atoms with Crippen LogP contribution >= 0.6 is 11.6 Å². The van der Waals surface area contributed by atoms with Crippen molar-refractivity contribution < 1.29 is 9.87 Å². The number of rotatable bonds is 10. The molecule has 366 valence electrons. The second-order valence-electron chi connectivity index (χ2n) is 21.0. The van der Waals surface area contributed by atoms with Gasteiger partial charge < -0.3 is 14.4 Å². The molecule has 0 aliphatic rings. The number of nitrogens with zero attached hydrogens (tertiary/aromatic N) is 4. The van der Waals surface area contributed by atoms with E-state index in [9.17, 15) is 10.7 Å². The van der Waals surface area contributed by atoms with Crippen LogP contribution in [-0.2, 0) is 10.8 Å². The summed E-state index contributed by atoms with van der Waals surface area (Å²) in [5, 5.41) is 13.5. The maximum atomic E-state index is 16.3. The van der Waals surface area contributed by atoms with Gasteiger partial charge in [0.15, 0.2) is 0 Å². The van der Waals surface area contributed by atoms with E-state index in [0.717, 1.165) is 55.3 Å². The number of anilines is 6. The molecule has 0 radical (unpaired) electrons. The molecule has 1 heterocycles. The van der Waals surface area contributed by atoms with E-state index in [2.05, 4.69) is 97.0 Å². The van der Waals surface area contributed by atoms with Crippen molar-refractivity contribution in [3.8, 4) is 45.1 Å². The Morgan fingerprint density at radius 3 is 1.61 bits per heavy atom. The first-order valence-electron chi connectivity index (χ1n) is 27.1. The van der Waals surface area contributed by atoms with Crippen molar-refractivity contribution in [2.24, 2.45) is 0 Å². The standard InChI is InChI=1S/C69H56ClFN4/c1-68(2,3)51-25-17-24-48(36-51)50-37-58(73(55-28-18-26-53(70)41-55)57-35-34-49(45-72)66(44-57)75-64-32-15-13-30-60(64)61-31-14-16-33-65(61)75)43-59(38-50)74(56-29-19-27-54(71)42-56)67-62(46-20-9-7-10-21-46)39-52(69(4,5)6)40-63(67)47-22-11-8-12-23-47/h7-44H,1-6H3/i17D,24D,25D,36D. The monoisotopic (exact) mass is 998 g/mol. The zero-order valence-corrected chi connectivity index (χ0v) is 43.4. The van der Waals surface area contributed by atoms with Crippen molar-refractivity contribution in [1.82, 2.24) is 4.57 Å². The highest BCUT2D eigenvalue weighted by molar-refractivity contribution is 6.31. The first-order valence-corrected chi connectivity index (χ1v) is 25.5. The van der Waals surface area contributed by atoms with E-state index in [1.54, 1.807) is 6.07 Å². The molecular formula is C69H56ClFN4. The molecule has 0 bridgehead atoms. The number of hydrogen-bond acceptors (Lipinski definition) is 3. The summed E-state index contributed by atoms with van der Waals surface area (Å²) in [7, 11) is 0. The summed E-state index contributed by atoms with van der Waals surface area (Å²) in [6, 6.07) is 68.4. The number of hydrogen-bond donors (Lipinski definition) is 0. The van der Waals surface area contributed by atoms with Crippen molar-refractivity contribution in [2.75, 3.05) is 9.80 Å². The Bertz CT molecular complexity index is 4100. The SMILES string of the molecule is [2H]c1c([2H])c(-c2cc(N(c3cccc(Cl)c3)c3ccc(C#N)c(-n4c5ccccc5c5ccccc54)c3)cc(N(c3cccc(F)c3)c3c(-c4ccccc4)cc(C(C)(C)C)cc3-c3ccccc3)c2)c([2H])c(C(C)(C)C)c1[2H]. The van der Waals surface area contributed by atoms with E-state index >= 15 is 4.39 Å². The van der Waals surface area contributed by atoms with Crippen LogP contribution in [0.15, 0.2) is 230 Å². The van der Waals surface area contributed by atoms with Gasteiger partial charge in [0, 0.05) is 55.4 Å². The van der Waals surface area contributed by atoms with Crippen molar-refractivity contribution in [2.45, 2.75) is 52.4 Å². The molecule has 0 N–H and O–H groups in total. The molecular weight excluding hydrogens is 939 g/mol. The van der Waals surface area contributed by atoms with Crippen LogP contribution in [0.5, 0.6) is 0 Å². The van der Waals surface area contributed by atoms with E-state index in [1.807, 2.05) is 153 Å². The third-order valence-electron chi connectivity index (χ3n) is 13.8. The number of nitriles is 1. The molecule has 0 aliphatic carbocycles. The normalized spacial score (nSPS) is 12.5. The molecule has 0 unspecified atom stereocenters. The molecule has 75 heavy (non-hydrogen) atoms. The van der Waals surface area contributed by atoms with Gasteiger partial charge in [0.05, 0.1) is 33.5 Å². The van der Waals surface area contributed by atoms with Gasteiger partial charge >= 0.3 is 0 Å². The minimum absolute atomic E-state index is 0.0373. The quantitative estimate of drug-likeness (QED) is 0.137. The van der Waals surface area contributed by atoms with Crippen molar-refractivity contribution in [3.63, 3.8) is 0 Å². The smallest absolute Gasteiger partial charge is 0.125 e. The van der Waals surface area contributed by atoms with Crippen molar-refractivity contribution in [1.29, 1.82) is 5.26 Å². The van der Waals surface area contributed by atoms with Gasteiger partial charge in [-0.15, -0.1) is 0 Å². The van der Waals surface area contributed by atoms with E-state index < -0.39 is 11.2 Å². The third kappa shape index (κ3) is 9.46. The molecule has 0 atom stereocenters. The zero-order valence-electron chi connectivity index (χ0n) is 46.7. The summed E-state index contributed by atoms with van der Waals surface area (Å²) < 4.78 is 56.5. The van der Waals surface area contributed by atoms with Gasteiger partial charge in [-0.25, -0.2) is 4.39 Å². The van der Waals surface area contributed by atoms with E-state index in [-0.39, 0.29) is 35.1 Å². The molecule has 10 aromatic carbocycles. The highest BCUT2D eigenvalue weighted by atomic mass is 35.5. The van der Waals surface area contributed by atoms with E-state index in [0.29, 0.717) is 55.8 Å². The number of para-hydroxylation sites is 2. The molecule has 1 aromatic heterocycles. The van der Waals surface area contributed by atoms with Gasteiger partial charge in [-0.1, -0.05) is 187 Å². The molecule has 0 saturated heterocycles. The number of fused-ring (bicyclic) bond motifs is 3. The minimum Gasteiger partial charge on any atom is -0.310 e. The highest BCUT2D eigenvalue weighted by Gasteiger charge is 2.29. The predicted octanol–water partition coefficient (Wildman–Crippen LogP) is 20.0. The third-order valence-corrected chi connectivity index (χ3v) is 14.0. The lowest BCUT2D eigenvalue weighted by atomic mass is 9.82. The Kier molecular flexibility index (Phi) is 11.5. The zero-order chi connectivity index (χ0) is 55.5. The Labute approximate surface area is 450 Å². The van der Waals surface area contributed by atoms with Crippen molar-refractivity contribution in [3.05, 3.63) is 258 Å². The largest absolute Gasteiger partial charge is 0.310 e. The van der Waals surface area contributed by atoms with E-state index in [1.165, 1.54) is 12.1 Å². The maximum absolute atomic E-state index is 16.3. The fourth-order valence-electron chi connectivity index (χ4n) is 10.1.